The largest absolute Gasteiger partial charge is 0.335 e. The van der Waals surface area contributed by atoms with Gasteiger partial charge in [0.25, 0.3) is 25.2 Å². The Morgan fingerprint density at radius 2 is 1.52 bits per heavy atom. The molecule has 2 aromatic carbocycles. The van der Waals surface area contributed by atoms with E-state index in [2.05, 4.69) is 50.9 Å². The van der Waals surface area contributed by atoms with Crippen LogP contribution in [0.5, 0.6) is 0 Å². The second-order valence-electron chi connectivity index (χ2n) is 10.2. The number of nitrogens with zero attached hydrogens (tertiary/aromatic N) is 3. The monoisotopic (exact) mass is 674 g/mol. The lowest BCUT2D eigenvalue weighted by Crippen LogP contribution is -2.35. The summed E-state index contributed by atoms with van der Waals surface area (Å²) in [5.41, 5.74) is 3.21. The van der Waals surface area contributed by atoms with Crippen molar-refractivity contribution in [3.8, 4) is 0 Å². The number of aryl methyl sites for hydroxylation is 1. The zero-order valence-electron chi connectivity index (χ0n) is 24.3. The van der Waals surface area contributed by atoms with Gasteiger partial charge in [-0.15, -0.1) is 0 Å². The van der Waals surface area contributed by atoms with Gasteiger partial charge in [0.1, 0.15) is 4.70 Å². The van der Waals surface area contributed by atoms with Crippen LogP contribution in [0, 0.1) is 0 Å². The third-order valence-corrected chi connectivity index (χ3v) is 10.4. The molecule has 0 amide bonds. The molecule has 1 aliphatic heterocycles. The third-order valence-electron chi connectivity index (χ3n) is 6.61. The summed E-state index contributed by atoms with van der Waals surface area (Å²) in [5.74, 6) is -0.493. The van der Waals surface area contributed by atoms with Crippen LogP contribution in [0.1, 0.15) is 37.6 Å². The Morgan fingerprint density at radius 1 is 0.864 bits per heavy atom. The molecule has 0 atom stereocenters. The van der Waals surface area contributed by atoms with Crippen molar-refractivity contribution < 1.29 is 30.5 Å². The molecule has 0 bridgehead atoms. The molecule has 9 nitrogen and oxygen atoms in total. The smallest absolute Gasteiger partial charge is 0.264 e. The second-order valence-corrected chi connectivity index (χ2v) is 15.4. The first-order chi connectivity index (χ1) is 21.0. The van der Waals surface area contributed by atoms with E-state index in [4.69, 9.17) is 9.11 Å². The van der Waals surface area contributed by atoms with Gasteiger partial charge in [-0.2, -0.15) is 21.4 Å². The number of para-hydroxylation sites is 2. The van der Waals surface area contributed by atoms with Crippen LogP contribution < -0.4 is 9.47 Å². The molecule has 0 spiro atoms. The molecule has 1 aliphatic rings. The predicted octanol–water partition coefficient (Wildman–Crippen LogP) is 6.46. The molecule has 0 aliphatic carbocycles. The number of aromatic nitrogens is 2. The van der Waals surface area contributed by atoms with Gasteiger partial charge < -0.3 is 4.90 Å². The summed E-state index contributed by atoms with van der Waals surface area (Å²) in [7, 11) is -7.94. The molecule has 0 saturated heterocycles. The van der Waals surface area contributed by atoms with E-state index in [1.54, 1.807) is 35.5 Å². The van der Waals surface area contributed by atoms with Crippen molar-refractivity contribution in [3.63, 3.8) is 0 Å². The van der Waals surface area contributed by atoms with Crippen molar-refractivity contribution in [2.75, 3.05) is 23.0 Å². The number of hydrogen-bond donors (Lipinski definition) is 2. The highest BCUT2D eigenvalue weighted by Crippen LogP contribution is 2.46. The summed E-state index contributed by atoms with van der Waals surface area (Å²) >= 11 is 3.34. The molecule has 0 radical (unpaired) electrons. The van der Waals surface area contributed by atoms with E-state index >= 15 is 0 Å². The molecule has 0 saturated carbocycles. The number of benzene rings is 2. The topological polar surface area (TPSA) is 129 Å². The fourth-order valence-corrected chi connectivity index (χ4v) is 8.17. The number of thioether (sulfide) groups is 1. The van der Waals surface area contributed by atoms with E-state index in [1.165, 1.54) is 0 Å². The van der Waals surface area contributed by atoms with Gasteiger partial charge in [-0.25, -0.2) is 0 Å². The Kier molecular flexibility index (Phi) is 12.1. The van der Waals surface area contributed by atoms with Gasteiger partial charge in [0.15, 0.2) is 6.54 Å². The number of fused-ring (bicyclic) bond motifs is 2. The summed E-state index contributed by atoms with van der Waals surface area (Å²) in [6.45, 7) is 3.31. The highest BCUT2D eigenvalue weighted by atomic mass is 32.2. The van der Waals surface area contributed by atoms with Gasteiger partial charge in [-0.3, -0.25) is 14.1 Å². The van der Waals surface area contributed by atoms with Crippen LogP contribution in [0.25, 0.3) is 16.3 Å². The number of thiazole rings is 1. The van der Waals surface area contributed by atoms with E-state index in [0.717, 1.165) is 36.4 Å². The van der Waals surface area contributed by atoms with E-state index in [1.807, 2.05) is 49.4 Å². The molecule has 234 valence electrons. The van der Waals surface area contributed by atoms with Crippen molar-refractivity contribution in [1.29, 1.82) is 0 Å². The molecule has 44 heavy (non-hydrogen) atoms. The average Bonchev–Trinajstić information content (AvgIpc) is 3.50. The summed E-state index contributed by atoms with van der Waals surface area (Å²) in [5, 5.41) is 2.10. The number of hydrogen-bond acceptors (Lipinski definition) is 8. The fourth-order valence-electron chi connectivity index (χ4n) is 4.63. The second kappa shape index (κ2) is 15.8. The van der Waals surface area contributed by atoms with Crippen molar-refractivity contribution in [2.45, 2.75) is 44.0 Å². The standard InChI is InChI=1S/C26H30N2O6S4.C5H5N/c1-20(18-25-27(14-6-8-16-37(29,30)31)21-10-2-4-12-23(21)35-25)19-26-28(15-7-9-17-38(32,33)34)22-11-3-5-13-24(22)36-26;1-2-4-6-5-3-1/h2-5,10-13,18-19H,6-9,14-17H2,1H3,(H-,29,30,31,32,33,34);1-5H/p+1. The lowest BCUT2D eigenvalue weighted by atomic mass is 10.2. The van der Waals surface area contributed by atoms with Crippen LogP contribution in [0.3, 0.4) is 0 Å². The third kappa shape index (κ3) is 10.5. The van der Waals surface area contributed by atoms with Gasteiger partial charge in [0, 0.05) is 42.4 Å². The van der Waals surface area contributed by atoms with Gasteiger partial charge in [0.05, 0.1) is 22.2 Å². The van der Waals surface area contributed by atoms with Crippen molar-refractivity contribution in [1.82, 2.24) is 4.98 Å². The first kappa shape index (κ1) is 33.8. The van der Waals surface area contributed by atoms with E-state index in [9.17, 15) is 16.8 Å². The van der Waals surface area contributed by atoms with Gasteiger partial charge >= 0.3 is 0 Å². The maximum absolute atomic E-state index is 11.1. The van der Waals surface area contributed by atoms with E-state index in [-0.39, 0.29) is 11.5 Å². The molecule has 4 aromatic rings. The van der Waals surface area contributed by atoms with Crippen LogP contribution >= 0.6 is 23.1 Å². The molecule has 13 heteroatoms. The fraction of sp³-hybridized carbons (Fsp3) is 0.290. The normalized spacial score (nSPS) is 14.5. The maximum Gasteiger partial charge on any atom is 0.264 e. The Morgan fingerprint density at radius 3 is 2.18 bits per heavy atom. The molecule has 0 unspecified atom stereocenters. The number of pyridine rings is 1. The quantitative estimate of drug-likeness (QED) is 0.0988. The Bertz CT molecular complexity index is 1790. The summed E-state index contributed by atoms with van der Waals surface area (Å²) in [6.07, 6.45) is 9.75. The van der Waals surface area contributed by atoms with Crippen LogP contribution in [0.4, 0.5) is 5.69 Å². The molecule has 3 heterocycles. The average molecular weight is 675 g/mol. The number of allylic oxidation sites excluding steroid dienone is 2. The molecule has 2 N–H and O–H groups in total. The molecule has 5 rings (SSSR count). The highest BCUT2D eigenvalue weighted by molar-refractivity contribution is 8.03. The lowest BCUT2D eigenvalue weighted by Gasteiger charge is -2.20. The predicted molar refractivity (Wildman–Crippen MR) is 179 cm³/mol. The Hall–Kier alpha value is -3.07. The van der Waals surface area contributed by atoms with Crippen LogP contribution in [0.2, 0.25) is 0 Å². The van der Waals surface area contributed by atoms with Crippen LogP contribution in [0.15, 0.2) is 101 Å². The molecular formula is C31H36N3O6S4+. The minimum absolute atomic E-state index is 0.246. The Balaban J connectivity index is 0.000000657. The minimum Gasteiger partial charge on any atom is -0.335 e. The summed E-state index contributed by atoms with van der Waals surface area (Å²) in [4.78, 5) is 7.11. The first-order valence-electron chi connectivity index (χ1n) is 14.1. The van der Waals surface area contributed by atoms with Crippen LogP contribution in [-0.2, 0) is 26.8 Å². The zero-order chi connectivity index (χ0) is 31.6. The van der Waals surface area contributed by atoms with Crippen LogP contribution in [-0.4, -0.2) is 49.0 Å². The molecular weight excluding hydrogens is 639 g/mol. The highest BCUT2D eigenvalue weighted by Gasteiger charge is 2.25. The van der Waals surface area contributed by atoms with Crippen molar-refractivity contribution >= 4 is 65.3 Å². The van der Waals surface area contributed by atoms with E-state index in [0.29, 0.717) is 38.8 Å². The van der Waals surface area contributed by atoms with Crippen molar-refractivity contribution in [2.24, 2.45) is 0 Å². The van der Waals surface area contributed by atoms with Gasteiger partial charge in [-0.1, -0.05) is 53.4 Å². The van der Waals surface area contributed by atoms with Gasteiger partial charge in [-0.05, 0) is 68.2 Å². The summed E-state index contributed by atoms with van der Waals surface area (Å²) < 4.78 is 65.9. The molecule has 0 fully saturated rings. The Labute approximate surface area is 267 Å². The first-order valence-corrected chi connectivity index (χ1v) is 19.0. The number of anilines is 1. The molecule has 2 aromatic heterocycles. The number of rotatable bonds is 12. The number of unbranched alkanes of at least 4 members (excludes halogenated alkanes) is 2. The van der Waals surface area contributed by atoms with E-state index < -0.39 is 20.2 Å². The lowest BCUT2D eigenvalue weighted by molar-refractivity contribution is -0.669. The minimum atomic E-state index is -3.97. The van der Waals surface area contributed by atoms with Crippen molar-refractivity contribution in [3.05, 3.63) is 101 Å². The van der Waals surface area contributed by atoms with Gasteiger partial charge in [0.2, 0.25) is 5.52 Å². The summed E-state index contributed by atoms with van der Waals surface area (Å²) in [6, 6.07) is 21.9. The SMILES string of the molecule is CC(=Cc1sc2ccccc2[n+]1CCCCS(=O)(=O)O)C=C1Sc2ccccc2N1CCCCS(=O)(=O)O.c1ccncc1. The zero-order valence-corrected chi connectivity index (χ0v) is 27.6. The maximum atomic E-state index is 11.1.